The van der Waals surface area contributed by atoms with Gasteiger partial charge in [-0.15, -0.1) is 0 Å². The Hall–Kier alpha value is -2.13. The van der Waals surface area contributed by atoms with Crippen LogP contribution >= 0.6 is 11.6 Å². The van der Waals surface area contributed by atoms with Crippen LogP contribution in [0.1, 0.15) is 35.7 Å². The third-order valence-corrected chi connectivity index (χ3v) is 3.62. The number of nitrogens with one attached hydrogen (secondary N) is 1. The lowest BCUT2D eigenvalue weighted by Gasteiger charge is -2.06. The molecule has 3 nitrogen and oxygen atoms in total. The summed E-state index contributed by atoms with van der Waals surface area (Å²) < 4.78 is 0. The largest absolute Gasteiger partial charge is 0.326 e. The van der Waals surface area contributed by atoms with Gasteiger partial charge in [0.1, 0.15) is 0 Å². The van der Waals surface area contributed by atoms with Crippen molar-refractivity contribution < 1.29 is 9.59 Å². The molecule has 2 aromatic rings. The van der Waals surface area contributed by atoms with Crippen molar-refractivity contribution in [1.29, 1.82) is 0 Å². The molecule has 22 heavy (non-hydrogen) atoms. The second kappa shape index (κ2) is 7.76. The van der Waals surface area contributed by atoms with Gasteiger partial charge in [0.2, 0.25) is 5.91 Å². The molecule has 0 bridgehead atoms. The first-order valence-electron chi connectivity index (χ1n) is 7.26. The van der Waals surface area contributed by atoms with E-state index in [0.29, 0.717) is 10.6 Å². The van der Waals surface area contributed by atoms with Gasteiger partial charge in [0.05, 0.1) is 0 Å². The molecule has 2 aromatic carbocycles. The van der Waals surface area contributed by atoms with E-state index in [1.807, 2.05) is 24.3 Å². The smallest absolute Gasteiger partial charge is 0.224 e. The lowest BCUT2D eigenvalue weighted by Crippen LogP contribution is -2.13. The summed E-state index contributed by atoms with van der Waals surface area (Å²) in [6, 6.07) is 14.4. The van der Waals surface area contributed by atoms with Crippen LogP contribution in [0.2, 0.25) is 5.02 Å². The van der Waals surface area contributed by atoms with Crippen LogP contribution in [0.4, 0.5) is 5.69 Å². The van der Waals surface area contributed by atoms with E-state index in [4.69, 9.17) is 11.6 Å². The Morgan fingerprint density at radius 2 is 1.77 bits per heavy atom. The van der Waals surface area contributed by atoms with E-state index in [9.17, 15) is 9.59 Å². The molecule has 0 heterocycles. The van der Waals surface area contributed by atoms with Gasteiger partial charge in [0, 0.05) is 29.1 Å². The summed E-state index contributed by atoms with van der Waals surface area (Å²) in [6.07, 6.45) is 1.26. The molecule has 0 radical (unpaired) electrons. The summed E-state index contributed by atoms with van der Waals surface area (Å²) in [6.45, 7) is 2.06. The van der Waals surface area contributed by atoms with Gasteiger partial charge in [-0.25, -0.2) is 0 Å². The first-order chi connectivity index (χ1) is 10.6. The second-order valence-corrected chi connectivity index (χ2v) is 5.47. The summed E-state index contributed by atoms with van der Waals surface area (Å²) in [4.78, 5) is 23.9. The number of hydrogen-bond acceptors (Lipinski definition) is 2. The number of hydrogen-bond donors (Lipinski definition) is 1. The van der Waals surface area contributed by atoms with Gasteiger partial charge in [-0.3, -0.25) is 9.59 Å². The SMILES string of the molecule is CCc1cccc(NC(=O)CCC(=O)c2ccc(Cl)cc2)c1. The monoisotopic (exact) mass is 315 g/mol. The minimum Gasteiger partial charge on any atom is -0.326 e. The van der Waals surface area contributed by atoms with Gasteiger partial charge in [0.25, 0.3) is 0 Å². The van der Waals surface area contributed by atoms with E-state index < -0.39 is 0 Å². The first-order valence-corrected chi connectivity index (χ1v) is 7.64. The molecule has 0 saturated carbocycles. The predicted octanol–water partition coefficient (Wildman–Crippen LogP) is 4.50. The molecule has 0 fully saturated rings. The molecule has 0 saturated heterocycles. The Labute approximate surface area is 135 Å². The predicted molar refractivity (Wildman–Crippen MR) is 89.5 cm³/mol. The van der Waals surface area contributed by atoms with Crippen molar-refractivity contribution in [2.45, 2.75) is 26.2 Å². The minimum absolute atomic E-state index is 0.0610. The van der Waals surface area contributed by atoms with Crippen LogP contribution in [0.5, 0.6) is 0 Å². The van der Waals surface area contributed by atoms with Gasteiger partial charge >= 0.3 is 0 Å². The van der Waals surface area contributed by atoms with Crippen LogP contribution < -0.4 is 5.32 Å². The molecule has 0 aliphatic heterocycles. The molecule has 0 aromatic heterocycles. The molecule has 0 atom stereocenters. The average Bonchev–Trinajstić information content (AvgIpc) is 2.53. The number of benzene rings is 2. The normalized spacial score (nSPS) is 10.3. The molecular weight excluding hydrogens is 298 g/mol. The summed E-state index contributed by atoms with van der Waals surface area (Å²) >= 11 is 5.78. The summed E-state index contributed by atoms with van der Waals surface area (Å²) in [5.74, 6) is -0.218. The van der Waals surface area contributed by atoms with Crippen molar-refractivity contribution in [3.8, 4) is 0 Å². The summed E-state index contributed by atoms with van der Waals surface area (Å²) in [5.41, 5.74) is 2.50. The molecule has 1 N–H and O–H groups in total. The molecule has 0 aliphatic carbocycles. The number of halogens is 1. The van der Waals surface area contributed by atoms with Crippen LogP contribution in [0.3, 0.4) is 0 Å². The number of rotatable bonds is 6. The number of anilines is 1. The van der Waals surface area contributed by atoms with E-state index >= 15 is 0 Å². The highest BCUT2D eigenvalue weighted by molar-refractivity contribution is 6.30. The van der Waals surface area contributed by atoms with Gasteiger partial charge in [-0.05, 0) is 48.4 Å². The molecule has 4 heteroatoms. The molecule has 0 unspecified atom stereocenters. The fourth-order valence-electron chi connectivity index (χ4n) is 2.10. The number of ketones is 1. The van der Waals surface area contributed by atoms with Crippen molar-refractivity contribution in [3.63, 3.8) is 0 Å². The lowest BCUT2D eigenvalue weighted by molar-refractivity contribution is -0.116. The Kier molecular flexibility index (Phi) is 5.73. The summed E-state index contributed by atoms with van der Waals surface area (Å²) in [5, 5.41) is 3.41. The van der Waals surface area contributed by atoms with E-state index in [1.165, 1.54) is 0 Å². The molecule has 1 amide bonds. The number of carbonyl (C=O) groups is 2. The highest BCUT2D eigenvalue weighted by Gasteiger charge is 2.09. The summed E-state index contributed by atoms with van der Waals surface area (Å²) in [7, 11) is 0. The first kappa shape index (κ1) is 16.2. The third kappa shape index (κ3) is 4.71. The Morgan fingerprint density at radius 1 is 1.05 bits per heavy atom. The fourth-order valence-corrected chi connectivity index (χ4v) is 2.23. The molecule has 114 valence electrons. The molecular formula is C18H18ClNO2. The zero-order chi connectivity index (χ0) is 15.9. The maximum atomic E-state index is 12.0. The van der Waals surface area contributed by atoms with Crippen molar-refractivity contribution in [3.05, 3.63) is 64.7 Å². The Morgan fingerprint density at radius 3 is 2.45 bits per heavy atom. The molecule has 2 rings (SSSR count). The highest BCUT2D eigenvalue weighted by atomic mass is 35.5. The third-order valence-electron chi connectivity index (χ3n) is 3.36. The Bertz CT molecular complexity index is 665. The molecule has 0 spiro atoms. The zero-order valence-electron chi connectivity index (χ0n) is 12.4. The van der Waals surface area contributed by atoms with Crippen LogP contribution in [-0.4, -0.2) is 11.7 Å². The van der Waals surface area contributed by atoms with Crippen molar-refractivity contribution in [1.82, 2.24) is 0 Å². The maximum Gasteiger partial charge on any atom is 0.224 e. The average molecular weight is 316 g/mol. The van der Waals surface area contributed by atoms with E-state index in [2.05, 4.69) is 12.2 Å². The van der Waals surface area contributed by atoms with Crippen molar-refractivity contribution >= 4 is 29.0 Å². The highest BCUT2D eigenvalue weighted by Crippen LogP contribution is 2.14. The van der Waals surface area contributed by atoms with Crippen LogP contribution in [0.15, 0.2) is 48.5 Å². The number of Topliss-reactive ketones (excluding diaryl/α,β-unsaturated/α-hetero) is 1. The minimum atomic E-state index is -0.157. The number of carbonyl (C=O) groups excluding carboxylic acids is 2. The van der Waals surface area contributed by atoms with Gasteiger partial charge in [-0.1, -0.05) is 30.7 Å². The fraction of sp³-hybridized carbons (Fsp3) is 0.222. The Balaban J connectivity index is 1.87. The quantitative estimate of drug-likeness (QED) is 0.797. The van der Waals surface area contributed by atoms with Crippen molar-refractivity contribution in [2.24, 2.45) is 0 Å². The number of amides is 1. The zero-order valence-corrected chi connectivity index (χ0v) is 13.2. The van der Waals surface area contributed by atoms with Gasteiger partial charge < -0.3 is 5.32 Å². The topological polar surface area (TPSA) is 46.2 Å². The van der Waals surface area contributed by atoms with E-state index in [-0.39, 0.29) is 24.5 Å². The molecule has 0 aliphatic rings. The van der Waals surface area contributed by atoms with E-state index in [1.54, 1.807) is 24.3 Å². The van der Waals surface area contributed by atoms with Crippen LogP contribution in [-0.2, 0) is 11.2 Å². The second-order valence-electron chi connectivity index (χ2n) is 5.03. The maximum absolute atomic E-state index is 12.0. The van der Waals surface area contributed by atoms with Crippen LogP contribution in [0, 0.1) is 0 Å². The van der Waals surface area contributed by atoms with Gasteiger partial charge in [-0.2, -0.15) is 0 Å². The lowest BCUT2D eigenvalue weighted by atomic mass is 10.1. The standard InChI is InChI=1S/C18H18ClNO2/c1-2-13-4-3-5-16(12-13)20-18(22)11-10-17(21)14-6-8-15(19)9-7-14/h3-9,12H,2,10-11H2,1H3,(H,20,22). The van der Waals surface area contributed by atoms with Crippen LogP contribution in [0.25, 0.3) is 0 Å². The van der Waals surface area contributed by atoms with Gasteiger partial charge in [0.15, 0.2) is 5.78 Å². The number of aryl methyl sites for hydroxylation is 1. The van der Waals surface area contributed by atoms with E-state index in [0.717, 1.165) is 17.7 Å². The van der Waals surface area contributed by atoms with Crippen molar-refractivity contribution in [2.75, 3.05) is 5.32 Å².